The number of hydrogen-bond acceptors (Lipinski definition) is 3. The van der Waals surface area contributed by atoms with Crippen LogP contribution in [0.3, 0.4) is 0 Å². The van der Waals surface area contributed by atoms with Crippen LogP contribution in [0.1, 0.15) is 52.7 Å². The number of pyridine rings is 2. The molecule has 0 aliphatic rings. The molecule has 0 saturated heterocycles. The third-order valence-electron chi connectivity index (χ3n) is 7.16. The Morgan fingerprint density at radius 3 is 1.76 bits per heavy atom. The minimum absolute atomic E-state index is 0. The zero-order valence-electron chi connectivity index (χ0n) is 24.5. The summed E-state index contributed by atoms with van der Waals surface area (Å²) in [6, 6.07) is 26.0. The Morgan fingerprint density at radius 2 is 1.19 bits per heavy atom. The summed E-state index contributed by atoms with van der Waals surface area (Å²) in [5.41, 5.74) is 5.51. The normalized spacial score (nSPS) is 11.7. The Morgan fingerprint density at radius 1 is 0.643 bits per heavy atom. The van der Waals surface area contributed by atoms with Crippen molar-refractivity contribution >= 4 is 0 Å². The first-order valence-corrected chi connectivity index (χ1v) is 13.6. The van der Waals surface area contributed by atoms with E-state index < -0.39 is 11.6 Å². The smallest absolute Gasteiger partial charge is 0.124 e. The number of aromatic nitrogens is 2. The number of phenols is 1. The molecular formula is C36H33F2N2OPt-. The van der Waals surface area contributed by atoms with Gasteiger partial charge in [-0.3, -0.25) is 18.7 Å². The monoisotopic (exact) mass is 742 g/mol. The van der Waals surface area contributed by atoms with Gasteiger partial charge in [-0.25, -0.2) is 0 Å². The molecule has 5 rings (SSSR count). The molecule has 0 fully saturated rings. The summed E-state index contributed by atoms with van der Waals surface area (Å²) in [4.78, 5) is 8.99. The number of halogens is 2. The van der Waals surface area contributed by atoms with Crippen molar-refractivity contribution in [2.24, 2.45) is 0 Å². The maximum atomic E-state index is 15.4. The number of nitrogens with zero attached hydrogens (tertiary/aromatic N) is 2. The molecule has 3 nitrogen and oxygen atoms in total. The Bertz CT molecular complexity index is 1710. The molecule has 0 aliphatic heterocycles. The molecule has 0 unspecified atom stereocenters. The molecule has 0 spiro atoms. The predicted octanol–water partition coefficient (Wildman–Crippen LogP) is 9.52. The van der Waals surface area contributed by atoms with Gasteiger partial charge in [-0.2, -0.15) is 0 Å². The average Bonchev–Trinajstić information content (AvgIpc) is 2.92. The minimum Gasteiger partial charge on any atom is -0.507 e. The van der Waals surface area contributed by atoms with Crippen LogP contribution in [-0.4, -0.2) is 15.1 Å². The van der Waals surface area contributed by atoms with Gasteiger partial charge in [0.25, 0.3) is 0 Å². The molecule has 2 aromatic heterocycles. The second kappa shape index (κ2) is 11.9. The Balaban J connectivity index is 0.00000405. The van der Waals surface area contributed by atoms with Crippen LogP contribution >= 0.6 is 0 Å². The zero-order chi connectivity index (χ0) is 29.5. The Hall–Kier alpha value is -3.69. The molecule has 5 aromatic rings. The van der Waals surface area contributed by atoms with Gasteiger partial charge in [0, 0.05) is 44.2 Å². The van der Waals surface area contributed by atoms with E-state index in [9.17, 15) is 9.50 Å². The summed E-state index contributed by atoms with van der Waals surface area (Å²) in [5, 5.41) is 10.7. The number of rotatable bonds is 4. The molecule has 0 amide bonds. The van der Waals surface area contributed by atoms with Crippen LogP contribution in [-0.2, 0) is 31.9 Å². The maximum absolute atomic E-state index is 15.4. The third kappa shape index (κ3) is 6.52. The zero-order valence-corrected chi connectivity index (χ0v) is 26.8. The van der Waals surface area contributed by atoms with Gasteiger partial charge in [-0.1, -0.05) is 107 Å². The number of aromatic hydroxyl groups is 1. The summed E-state index contributed by atoms with van der Waals surface area (Å²) in [6.45, 7) is 13.0. The van der Waals surface area contributed by atoms with E-state index in [2.05, 4.69) is 70.8 Å². The van der Waals surface area contributed by atoms with Crippen LogP contribution in [0.4, 0.5) is 8.78 Å². The largest absolute Gasteiger partial charge is 0.507 e. The molecule has 1 N–H and O–H groups in total. The van der Waals surface area contributed by atoms with Crippen molar-refractivity contribution < 1.29 is 35.0 Å². The molecule has 0 bridgehead atoms. The van der Waals surface area contributed by atoms with Crippen molar-refractivity contribution in [3.05, 3.63) is 114 Å². The topological polar surface area (TPSA) is 46.0 Å². The van der Waals surface area contributed by atoms with Gasteiger partial charge in [-0.05, 0) is 57.3 Å². The van der Waals surface area contributed by atoms with Crippen LogP contribution in [0, 0.1) is 17.7 Å². The fourth-order valence-corrected chi connectivity index (χ4v) is 4.70. The van der Waals surface area contributed by atoms with Gasteiger partial charge in [0.05, 0.1) is 17.3 Å². The molecule has 218 valence electrons. The van der Waals surface area contributed by atoms with Gasteiger partial charge in [0.2, 0.25) is 0 Å². The van der Waals surface area contributed by atoms with Crippen molar-refractivity contribution in [1.29, 1.82) is 0 Å². The van der Waals surface area contributed by atoms with Crippen molar-refractivity contribution in [2.45, 2.75) is 52.4 Å². The van der Waals surface area contributed by atoms with Crippen molar-refractivity contribution in [3.63, 3.8) is 0 Å². The Kier molecular flexibility index (Phi) is 8.85. The summed E-state index contributed by atoms with van der Waals surface area (Å²) in [6.07, 6.45) is 1.55. The van der Waals surface area contributed by atoms with E-state index >= 15 is 4.39 Å². The van der Waals surface area contributed by atoms with Crippen molar-refractivity contribution in [2.75, 3.05) is 0 Å². The molecule has 0 atom stereocenters. The molecule has 42 heavy (non-hydrogen) atoms. The van der Waals surface area contributed by atoms with Crippen molar-refractivity contribution in [1.82, 2.24) is 9.97 Å². The van der Waals surface area contributed by atoms with Crippen LogP contribution in [0.5, 0.6) is 5.75 Å². The van der Waals surface area contributed by atoms with Crippen molar-refractivity contribution in [3.8, 4) is 50.6 Å². The van der Waals surface area contributed by atoms with E-state index in [1.165, 1.54) is 11.1 Å². The van der Waals surface area contributed by atoms with E-state index in [4.69, 9.17) is 4.98 Å². The first-order chi connectivity index (χ1) is 19.3. The average molecular weight is 743 g/mol. The molecule has 3 aromatic carbocycles. The molecule has 6 heteroatoms. The summed E-state index contributed by atoms with van der Waals surface area (Å²) in [5.74, 6) is -1.48. The van der Waals surface area contributed by atoms with Gasteiger partial charge in [0.15, 0.2) is 0 Å². The van der Waals surface area contributed by atoms with Gasteiger partial charge in [-0.15, -0.1) is 6.07 Å². The second-order valence-electron chi connectivity index (χ2n) is 12.4. The maximum Gasteiger partial charge on any atom is 0.124 e. The molecule has 0 aliphatic carbocycles. The molecular weight excluding hydrogens is 709 g/mol. The van der Waals surface area contributed by atoms with Gasteiger partial charge < -0.3 is 5.11 Å². The summed E-state index contributed by atoms with van der Waals surface area (Å²) < 4.78 is 30.4. The van der Waals surface area contributed by atoms with E-state index in [1.807, 2.05) is 12.1 Å². The van der Waals surface area contributed by atoms with E-state index in [0.717, 1.165) is 17.2 Å². The standard InChI is InChI=1S/C36H33F2N2O.Pt/c1-35(2,3)24-15-22(16-25(19-24)36(4,5)6)23-17-32(26-11-7-8-13-34(26)41)40-33(18-23)28-20-27(29(37)21-30(28)38)31-12-9-10-14-39-31;/h7-19,21,41H,1-6H3;/q-1;. The number of hydrogen-bond donors (Lipinski definition) is 1. The first-order valence-electron chi connectivity index (χ1n) is 13.6. The molecule has 0 saturated carbocycles. The van der Waals surface area contributed by atoms with Crippen LogP contribution < -0.4 is 0 Å². The quantitative estimate of drug-likeness (QED) is 0.187. The Labute approximate surface area is 261 Å². The fraction of sp³-hybridized carbons (Fsp3) is 0.222. The predicted molar refractivity (Wildman–Crippen MR) is 162 cm³/mol. The number of phenolic OH excluding ortho intramolecular Hbond substituents is 1. The molecule has 2 heterocycles. The third-order valence-corrected chi connectivity index (χ3v) is 7.16. The van der Waals surface area contributed by atoms with E-state index in [0.29, 0.717) is 17.0 Å². The number of para-hydroxylation sites is 1. The van der Waals surface area contributed by atoms with E-state index in [-0.39, 0.29) is 54.5 Å². The van der Waals surface area contributed by atoms with Gasteiger partial charge >= 0.3 is 0 Å². The second-order valence-corrected chi connectivity index (χ2v) is 12.4. The van der Waals surface area contributed by atoms with Crippen LogP contribution in [0.15, 0.2) is 85.1 Å². The van der Waals surface area contributed by atoms with E-state index in [1.54, 1.807) is 48.7 Å². The van der Waals surface area contributed by atoms with Crippen LogP contribution in [0.2, 0.25) is 0 Å². The fourth-order valence-electron chi connectivity index (χ4n) is 4.70. The SMILES string of the molecule is CC(C)(C)c1cc(-c2cc(-c3[c-]c(-c4ccccn4)c(F)cc3F)nc(-c3ccccc3O)c2)cc(C(C)(C)C)c1.[Pt]. The van der Waals surface area contributed by atoms with Crippen LogP contribution in [0.25, 0.3) is 44.9 Å². The van der Waals surface area contributed by atoms with Gasteiger partial charge in [0.1, 0.15) is 5.75 Å². The minimum atomic E-state index is -0.783. The summed E-state index contributed by atoms with van der Waals surface area (Å²) in [7, 11) is 0. The number of benzene rings is 3. The first kappa shape index (κ1) is 31.2. The molecule has 0 radical (unpaired) electrons. The summed E-state index contributed by atoms with van der Waals surface area (Å²) >= 11 is 0.